The van der Waals surface area contributed by atoms with Crippen LogP contribution in [0.15, 0.2) is 0 Å². The highest BCUT2D eigenvalue weighted by molar-refractivity contribution is 5.68. The molecule has 0 bridgehead atoms. The van der Waals surface area contributed by atoms with Crippen molar-refractivity contribution in [2.45, 2.75) is 57.8 Å². The minimum atomic E-state index is -0.498. The first-order chi connectivity index (χ1) is 11.3. The van der Waals surface area contributed by atoms with Gasteiger partial charge in [-0.05, 0) is 40.5 Å². The molecule has 2 saturated heterocycles. The smallest absolute Gasteiger partial charge is 0.410 e. The maximum atomic E-state index is 13.2. The lowest BCUT2D eigenvalue weighted by molar-refractivity contribution is -0.176. The van der Waals surface area contributed by atoms with Gasteiger partial charge in [-0.3, -0.25) is 4.90 Å². The molecular formula is C18H29FN2O3. The third-order valence-corrected chi connectivity index (χ3v) is 4.37. The van der Waals surface area contributed by atoms with Gasteiger partial charge in [-0.25, -0.2) is 9.18 Å². The highest BCUT2D eigenvalue weighted by Crippen LogP contribution is 2.33. The number of alkyl halides is 1. The van der Waals surface area contributed by atoms with Gasteiger partial charge in [-0.1, -0.05) is 5.92 Å². The highest BCUT2D eigenvalue weighted by atomic mass is 19.1. The summed E-state index contributed by atoms with van der Waals surface area (Å²) in [5.74, 6) is 5.94. The molecule has 2 heterocycles. The van der Waals surface area contributed by atoms with Crippen molar-refractivity contribution in [1.29, 1.82) is 0 Å². The Hall–Kier alpha value is -1.32. The first kappa shape index (κ1) is 19.0. The SMILES string of the molecule is CC#CCN1CC(CF)OC2(CCN(C(=O)OC(C)(C)C)CC2)C1. The van der Waals surface area contributed by atoms with E-state index in [1.54, 1.807) is 4.90 Å². The number of nitrogens with zero attached hydrogens (tertiary/aromatic N) is 2. The molecule has 0 saturated carbocycles. The number of carbonyl (C=O) groups is 1. The second-order valence-corrected chi connectivity index (χ2v) is 7.64. The summed E-state index contributed by atoms with van der Waals surface area (Å²) in [6.45, 7) is 9.98. The molecule has 1 atom stereocenters. The van der Waals surface area contributed by atoms with Gasteiger partial charge in [0, 0.05) is 26.2 Å². The molecule has 0 aromatic rings. The molecule has 2 fully saturated rings. The number of rotatable bonds is 2. The van der Waals surface area contributed by atoms with E-state index in [2.05, 4.69) is 16.7 Å². The van der Waals surface area contributed by atoms with Crippen LogP contribution in [-0.4, -0.2) is 72.6 Å². The first-order valence-corrected chi connectivity index (χ1v) is 8.60. The Balaban J connectivity index is 1.96. The molecule has 0 N–H and O–H groups in total. The predicted octanol–water partition coefficient (Wildman–Crippen LogP) is 2.45. The summed E-state index contributed by atoms with van der Waals surface area (Å²) in [6, 6.07) is 0. The van der Waals surface area contributed by atoms with E-state index in [0.717, 1.165) is 6.54 Å². The fourth-order valence-corrected chi connectivity index (χ4v) is 3.28. The number of piperidine rings is 1. The van der Waals surface area contributed by atoms with Crippen LogP contribution in [0.5, 0.6) is 0 Å². The number of carbonyl (C=O) groups excluding carboxylic acids is 1. The van der Waals surface area contributed by atoms with E-state index in [-0.39, 0.29) is 11.7 Å². The van der Waals surface area contributed by atoms with E-state index < -0.39 is 18.4 Å². The van der Waals surface area contributed by atoms with E-state index in [0.29, 0.717) is 39.0 Å². The Kier molecular flexibility index (Phi) is 6.11. The topological polar surface area (TPSA) is 42.0 Å². The van der Waals surface area contributed by atoms with Crippen LogP contribution in [-0.2, 0) is 9.47 Å². The van der Waals surface area contributed by atoms with Crippen LogP contribution in [0.3, 0.4) is 0 Å². The summed E-state index contributed by atoms with van der Waals surface area (Å²) in [4.78, 5) is 16.1. The minimum absolute atomic E-state index is 0.288. The van der Waals surface area contributed by atoms with Crippen LogP contribution >= 0.6 is 0 Å². The molecule has 6 heteroatoms. The van der Waals surface area contributed by atoms with Crippen molar-refractivity contribution in [2.24, 2.45) is 0 Å². The Morgan fingerprint density at radius 1 is 1.38 bits per heavy atom. The summed E-state index contributed by atoms with van der Waals surface area (Å²) in [5, 5.41) is 0. The molecule has 1 unspecified atom stereocenters. The molecule has 0 aromatic heterocycles. The molecule has 1 spiro atoms. The second-order valence-electron chi connectivity index (χ2n) is 7.64. The average molecular weight is 340 g/mol. The van der Waals surface area contributed by atoms with Gasteiger partial charge in [0.1, 0.15) is 12.3 Å². The van der Waals surface area contributed by atoms with Gasteiger partial charge < -0.3 is 14.4 Å². The van der Waals surface area contributed by atoms with Crippen LogP contribution in [0.1, 0.15) is 40.5 Å². The summed E-state index contributed by atoms with van der Waals surface area (Å²) < 4.78 is 24.7. The number of amides is 1. The van der Waals surface area contributed by atoms with Crippen LogP contribution in [0.2, 0.25) is 0 Å². The zero-order chi connectivity index (χ0) is 17.8. The van der Waals surface area contributed by atoms with Crippen molar-refractivity contribution in [2.75, 3.05) is 39.4 Å². The molecule has 2 rings (SSSR count). The van der Waals surface area contributed by atoms with Gasteiger partial charge in [0.15, 0.2) is 0 Å². The number of hydrogen-bond donors (Lipinski definition) is 0. The molecule has 0 aliphatic carbocycles. The fraction of sp³-hybridized carbons (Fsp3) is 0.833. The van der Waals surface area contributed by atoms with Crippen LogP contribution in [0, 0.1) is 11.8 Å². The minimum Gasteiger partial charge on any atom is -0.444 e. The molecular weight excluding hydrogens is 311 g/mol. The number of hydrogen-bond acceptors (Lipinski definition) is 4. The molecule has 5 nitrogen and oxygen atoms in total. The molecule has 2 aliphatic heterocycles. The van der Waals surface area contributed by atoms with Gasteiger partial charge >= 0.3 is 6.09 Å². The molecule has 0 radical (unpaired) electrons. The number of likely N-dealkylation sites (tertiary alicyclic amines) is 1. The summed E-state index contributed by atoms with van der Waals surface area (Å²) in [7, 11) is 0. The predicted molar refractivity (Wildman–Crippen MR) is 90.5 cm³/mol. The maximum absolute atomic E-state index is 13.2. The van der Waals surface area contributed by atoms with Gasteiger partial charge in [0.2, 0.25) is 0 Å². The molecule has 136 valence electrons. The Morgan fingerprint density at radius 2 is 2.04 bits per heavy atom. The lowest BCUT2D eigenvalue weighted by Crippen LogP contribution is -2.60. The van der Waals surface area contributed by atoms with Crippen molar-refractivity contribution < 1.29 is 18.7 Å². The standard InChI is InChI=1S/C18H29FN2O3/c1-5-6-9-20-13-15(12-19)23-18(14-20)7-10-21(11-8-18)16(22)24-17(2,3)4/h15H,7-14H2,1-4H3. The Morgan fingerprint density at radius 3 is 2.58 bits per heavy atom. The summed E-state index contributed by atoms with van der Waals surface area (Å²) in [6.07, 6.45) is 0.687. The van der Waals surface area contributed by atoms with Crippen molar-refractivity contribution in [3.63, 3.8) is 0 Å². The monoisotopic (exact) mass is 340 g/mol. The molecule has 2 aliphatic rings. The quantitative estimate of drug-likeness (QED) is 0.724. The number of ether oxygens (including phenoxy) is 2. The van der Waals surface area contributed by atoms with E-state index >= 15 is 0 Å². The normalized spacial score (nSPS) is 24.4. The van der Waals surface area contributed by atoms with Crippen LogP contribution in [0.25, 0.3) is 0 Å². The summed E-state index contributed by atoms with van der Waals surface area (Å²) >= 11 is 0. The first-order valence-electron chi connectivity index (χ1n) is 8.60. The average Bonchev–Trinajstić information content (AvgIpc) is 2.51. The maximum Gasteiger partial charge on any atom is 0.410 e. The largest absolute Gasteiger partial charge is 0.444 e. The van der Waals surface area contributed by atoms with Gasteiger partial charge in [-0.15, -0.1) is 5.92 Å². The molecule has 0 aromatic carbocycles. The lowest BCUT2D eigenvalue weighted by atomic mass is 9.88. The van der Waals surface area contributed by atoms with E-state index in [4.69, 9.17) is 9.47 Å². The van der Waals surface area contributed by atoms with Gasteiger partial charge in [0.05, 0.1) is 18.2 Å². The van der Waals surface area contributed by atoms with E-state index in [1.165, 1.54) is 0 Å². The van der Waals surface area contributed by atoms with Crippen molar-refractivity contribution in [3.05, 3.63) is 0 Å². The highest BCUT2D eigenvalue weighted by Gasteiger charge is 2.44. The Labute approximate surface area is 144 Å². The van der Waals surface area contributed by atoms with E-state index in [1.807, 2.05) is 27.7 Å². The lowest BCUT2D eigenvalue weighted by Gasteiger charge is -2.49. The third kappa shape index (κ3) is 5.09. The fourth-order valence-electron chi connectivity index (χ4n) is 3.28. The summed E-state index contributed by atoms with van der Waals surface area (Å²) in [5.41, 5.74) is -0.883. The number of morpholine rings is 1. The van der Waals surface area contributed by atoms with Crippen molar-refractivity contribution in [1.82, 2.24) is 9.80 Å². The second kappa shape index (κ2) is 7.71. The zero-order valence-corrected chi connectivity index (χ0v) is 15.2. The zero-order valence-electron chi connectivity index (χ0n) is 15.2. The van der Waals surface area contributed by atoms with E-state index in [9.17, 15) is 9.18 Å². The molecule has 24 heavy (non-hydrogen) atoms. The third-order valence-electron chi connectivity index (χ3n) is 4.37. The van der Waals surface area contributed by atoms with Crippen molar-refractivity contribution in [3.8, 4) is 11.8 Å². The van der Waals surface area contributed by atoms with Gasteiger partial charge in [0.25, 0.3) is 0 Å². The van der Waals surface area contributed by atoms with Crippen LogP contribution < -0.4 is 0 Å². The molecule has 1 amide bonds. The van der Waals surface area contributed by atoms with Crippen LogP contribution in [0.4, 0.5) is 9.18 Å². The van der Waals surface area contributed by atoms with Crippen molar-refractivity contribution >= 4 is 6.09 Å². The number of halogens is 1. The van der Waals surface area contributed by atoms with Gasteiger partial charge in [-0.2, -0.15) is 0 Å². The Bertz CT molecular complexity index is 499.